The molecule has 21 heavy (non-hydrogen) atoms. The molecule has 6 heteroatoms. The minimum absolute atomic E-state index is 0.0413. The third-order valence-electron chi connectivity index (χ3n) is 3.74. The number of nitrogens with one attached hydrogen (secondary N) is 1. The third kappa shape index (κ3) is 3.64. The summed E-state index contributed by atoms with van der Waals surface area (Å²) < 4.78 is 10.9. The summed E-state index contributed by atoms with van der Waals surface area (Å²) in [6.45, 7) is 4.47. The number of amides is 1. The third-order valence-corrected chi connectivity index (χ3v) is 3.74. The van der Waals surface area contributed by atoms with E-state index in [-0.39, 0.29) is 29.4 Å². The van der Waals surface area contributed by atoms with Gasteiger partial charge in [-0.3, -0.25) is 4.79 Å². The van der Waals surface area contributed by atoms with Gasteiger partial charge in [0, 0.05) is 25.1 Å². The summed E-state index contributed by atoms with van der Waals surface area (Å²) in [4.78, 5) is 23.3. The van der Waals surface area contributed by atoms with E-state index in [4.69, 9.17) is 14.3 Å². The second-order valence-electron chi connectivity index (χ2n) is 5.20. The molecule has 1 aromatic heterocycles. The zero-order chi connectivity index (χ0) is 15.4. The van der Waals surface area contributed by atoms with Crippen molar-refractivity contribution in [3.8, 4) is 0 Å². The first-order chi connectivity index (χ1) is 10.0. The molecule has 0 spiro atoms. The molecule has 1 amide bonds. The first-order valence-electron chi connectivity index (χ1n) is 7.33. The summed E-state index contributed by atoms with van der Waals surface area (Å²) in [6, 6.07) is 1.34. The number of aryl methyl sites for hydroxylation is 1. The van der Waals surface area contributed by atoms with Crippen LogP contribution in [0.4, 0.5) is 0 Å². The highest BCUT2D eigenvalue weighted by atomic mass is 16.5. The summed E-state index contributed by atoms with van der Waals surface area (Å²) in [5.74, 6) is -1.06. The summed E-state index contributed by atoms with van der Waals surface area (Å²) in [5, 5.41) is 12.0. The molecule has 1 aliphatic rings. The number of hydrogen-bond donors (Lipinski definition) is 2. The van der Waals surface area contributed by atoms with Crippen LogP contribution in [0.25, 0.3) is 0 Å². The maximum atomic E-state index is 12.2. The fourth-order valence-corrected chi connectivity index (χ4v) is 2.54. The Kier molecular flexibility index (Phi) is 5.01. The first-order valence-corrected chi connectivity index (χ1v) is 7.33. The van der Waals surface area contributed by atoms with Gasteiger partial charge >= 0.3 is 5.97 Å². The smallest absolute Gasteiger partial charge is 0.339 e. The van der Waals surface area contributed by atoms with Crippen molar-refractivity contribution in [3.05, 3.63) is 23.2 Å². The van der Waals surface area contributed by atoms with E-state index in [0.717, 1.165) is 19.3 Å². The van der Waals surface area contributed by atoms with Gasteiger partial charge in [0.05, 0.1) is 6.10 Å². The van der Waals surface area contributed by atoms with Crippen LogP contribution in [0.15, 0.2) is 10.5 Å². The monoisotopic (exact) mass is 295 g/mol. The average molecular weight is 295 g/mol. The van der Waals surface area contributed by atoms with Crippen molar-refractivity contribution in [2.45, 2.75) is 51.7 Å². The lowest BCUT2D eigenvalue weighted by atomic mass is 10.0. The molecule has 0 aliphatic carbocycles. The van der Waals surface area contributed by atoms with E-state index in [0.29, 0.717) is 18.8 Å². The molecule has 1 aliphatic heterocycles. The van der Waals surface area contributed by atoms with E-state index in [1.165, 1.54) is 6.07 Å². The van der Waals surface area contributed by atoms with Gasteiger partial charge in [0.15, 0.2) is 5.76 Å². The summed E-state index contributed by atoms with van der Waals surface area (Å²) in [5.41, 5.74) is 0.0565. The quantitative estimate of drug-likeness (QED) is 0.869. The van der Waals surface area contributed by atoms with Gasteiger partial charge < -0.3 is 19.6 Å². The average Bonchev–Trinajstić information content (AvgIpc) is 2.92. The van der Waals surface area contributed by atoms with E-state index in [2.05, 4.69) is 5.32 Å². The second kappa shape index (κ2) is 6.76. The molecule has 2 atom stereocenters. The molecule has 116 valence electrons. The number of rotatable bonds is 5. The van der Waals surface area contributed by atoms with Crippen LogP contribution < -0.4 is 5.32 Å². The lowest BCUT2D eigenvalue weighted by Crippen LogP contribution is -2.41. The van der Waals surface area contributed by atoms with Crippen molar-refractivity contribution in [2.24, 2.45) is 0 Å². The van der Waals surface area contributed by atoms with Gasteiger partial charge in [-0.1, -0.05) is 13.8 Å². The number of carbonyl (C=O) groups excluding carboxylic acids is 1. The van der Waals surface area contributed by atoms with Crippen LogP contribution in [0.5, 0.6) is 0 Å². The van der Waals surface area contributed by atoms with Gasteiger partial charge in [-0.15, -0.1) is 0 Å². The Morgan fingerprint density at radius 3 is 2.76 bits per heavy atom. The van der Waals surface area contributed by atoms with E-state index in [1.54, 1.807) is 6.92 Å². The van der Waals surface area contributed by atoms with Gasteiger partial charge in [0.2, 0.25) is 0 Å². The number of ether oxygens (including phenoxy) is 1. The van der Waals surface area contributed by atoms with E-state index >= 15 is 0 Å². The number of hydrogen-bond acceptors (Lipinski definition) is 4. The van der Waals surface area contributed by atoms with Crippen LogP contribution in [0.3, 0.4) is 0 Å². The number of carbonyl (C=O) groups is 2. The molecule has 0 bridgehead atoms. The highest BCUT2D eigenvalue weighted by molar-refractivity contribution is 5.96. The molecule has 0 aromatic carbocycles. The molecular formula is C15H21NO5. The van der Waals surface area contributed by atoms with Crippen LogP contribution in [0.1, 0.15) is 59.8 Å². The fourth-order valence-electron chi connectivity index (χ4n) is 2.54. The minimum Gasteiger partial charge on any atom is -0.478 e. The normalized spacial score (nSPS) is 22.0. The van der Waals surface area contributed by atoms with E-state index in [1.807, 2.05) is 6.92 Å². The van der Waals surface area contributed by atoms with Gasteiger partial charge in [-0.25, -0.2) is 4.79 Å². The van der Waals surface area contributed by atoms with Crippen LogP contribution >= 0.6 is 0 Å². The largest absolute Gasteiger partial charge is 0.478 e. The zero-order valence-electron chi connectivity index (χ0n) is 12.3. The lowest BCUT2D eigenvalue weighted by Gasteiger charge is -2.29. The van der Waals surface area contributed by atoms with Crippen LogP contribution in [-0.2, 0) is 11.2 Å². The Morgan fingerprint density at radius 2 is 2.19 bits per heavy atom. The molecule has 2 rings (SSSR count). The number of furan rings is 1. The molecule has 0 radical (unpaired) electrons. The Balaban J connectivity index is 2.04. The highest BCUT2D eigenvalue weighted by Crippen LogP contribution is 2.19. The van der Waals surface area contributed by atoms with Crippen molar-refractivity contribution < 1.29 is 23.8 Å². The molecule has 1 aromatic rings. The molecule has 1 saturated heterocycles. The lowest BCUT2D eigenvalue weighted by molar-refractivity contribution is 0.000424. The van der Waals surface area contributed by atoms with Gasteiger partial charge in [0.1, 0.15) is 11.3 Å². The number of aromatic carboxylic acids is 1. The Bertz CT molecular complexity index is 522. The minimum atomic E-state index is -1.08. The Labute approximate surface area is 123 Å². The predicted octanol–water partition coefficient (Wildman–Crippen LogP) is 2.23. The summed E-state index contributed by atoms with van der Waals surface area (Å²) in [6.07, 6.45) is 3.05. The second-order valence-corrected chi connectivity index (χ2v) is 5.20. The molecule has 2 heterocycles. The molecule has 1 fully saturated rings. The molecular weight excluding hydrogens is 274 g/mol. The van der Waals surface area contributed by atoms with Crippen molar-refractivity contribution in [3.63, 3.8) is 0 Å². The number of carboxylic acid groups (broad SMARTS) is 1. The topological polar surface area (TPSA) is 88.8 Å². The highest BCUT2D eigenvalue weighted by Gasteiger charge is 2.25. The summed E-state index contributed by atoms with van der Waals surface area (Å²) >= 11 is 0. The van der Waals surface area contributed by atoms with Crippen molar-refractivity contribution in [1.29, 1.82) is 0 Å². The van der Waals surface area contributed by atoms with Gasteiger partial charge in [-0.05, 0) is 19.3 Å². The summed E-state index contributed by atoms with van der Waals surface area (Å²) in [7, 11) is 0. The Morgan fingerprint density at radius 1 is 1.43 bits per heavy atom. The molecule has 2 unspecified atom stereocenters. The maximum absolute atomic E-state index is 12.2. The van der Waals surface area contributed by atoms with E-state index < -0.39 is 5.97 Å². The van der Waals surface area contributed by atoms with Crippen LogP contribution in [0.2, 0.25) is 0 Å². The van der Waals surface area contributed by atoms with Gasteiger partial charge in [0.25, 0.3) is 5.91 Å². The van der Waals surface area contributed by atoms with Crippen LogP contribution in [-0.4, -0.2) is 35.7 Å². The van der Waals surface area contributed by atoms with Gasteiger partial charge in [-0.2, -0.15) is 0 Å². The molecule has 0 saturated carbocycles. The van der Waals surface area contributed by atoms with Crippen molar-refractivity contribution >= 4 is 11.9 Å². The fraction of sp³-hybridized carbons (Fsp3) is 0.600. The van der Waals surface area contributed by atoms with Crippen molar-refractivity contribution in [2.75, 3.05) is 6.61 Å². The molecule has 2 N–H and O–H groups in total. The van der Waals surface area contributed by atoms with E-state index in [9.17, 15) is 9.59 Å². The maximum Gasteiger partial charge on any atom is 0.339 e. The number of carboxylic acids is 1. The predicted molar refractivity (Wildman–Crippen MR) is 75.6 cm³/mol. The van der Waals surface area contributed by atoms with Crippen LogP contribution in [0, 0.1) is 0 Å². The first kappa shape index (κ1) is 15.6. The SMILES string of the molecule is CCc1oc(C(=O)NC2CCOC(CC)C2)cc1C(=O)O. The zero-order valence-corrected chi connectivity index (χ0v) is 12.3. The molecule has 6 nitrogen and oxygen atoms in total. The Hall–Kier alpha value is -1.82. The van der Waals surface area contributed by atoms with Crippen molar-refractivity contribution in [1.82, 2.24) is 5.32 Å². The standard InChI is InChI=1S/C15H21NO5/c1-3-10-7-9(5-6-20-10)16-14(17)13-8-11(15(18)19)12(4-2)21-13/h8-10H,3-7H2,1-2H3,(H,16,17)(H,18,19).